The molecular weight excluding hydrogens is 316 g/mol. The Hall–Kier alpha value is -0.653. The van der Waals surface area contributed by atoms with E-state index in [9.17, 15) is 4.79 Å². The molecule has 0 saturated heterocycles. The van der Waals surface area contributed by atoms with Crippen LogP contribution in [0.5, 0.6) is 0 Å². The fourth-order valence-corrected chi connectivity index (χ4v) is 7.04. The number of furan rings is 1. The molecule has 5 heteroatoms. The van der Waals surface area contributed by atoms with E-state index in [1.807, 2.05) is 6.07 Å². The Labute approximate surface area is 114 Å². The van der Waals surface area contributed by atoms with Gasteiger partial charge in [-0.15, -0.1) is 11.3 Å². The fraction of sp³-hybridized carbons (Fsp3) is 0.250. The van der Waals surface area contributed by atoms with Crippen LogP contribution in [0.1, 0.15) is 15.2 Å². The van der Waals surface area contributed by atoms with Crippen LogP contribution in [-0.4, -0.2) is 13.9 Å². The van der Waals surface area contributed by atoms with Gasteiger partial charge in [-0.05, 0) is 33.2 Å². The third-order valence-electron chi connectivity index (χ3n) is 2.50. The van der Waals surface area contributed by atoms with E-state index >= 15 is 0 Å². The standard InChI is InChI=1S/C12H13BrO2SSi/c1-17(2,3)10-6-9(16-12(10)13)11(14)8-4-5-15-7-8/h4-7H,1-3H3. The van der Waals surface area contributed by atoms with Crippen LogP contribution in [0, 0.1) is 0 Å². The number of carbonyl (C=O) groups excluding carboxylic acids is 1. The van der Waals surface area contributed by atoms with Crippen molar-refractivity contribution in [3.8, 4) is 0 Å². The molecule has 2 rings (SSSR count). The topological polar surface area (TPSA) is 30.2 Å². The lowest BCUT2D eigenvalue weighted by molar-refractivity contribution is 0.104. The van der Waals surface area contributed by atoms with Crippen molar-refractivity contribution in [3.05, 3.63) is 38.9 Å². The molecule has 0 aromatic carbocycles. The van der Waals surface area contributed by atoms with Crippen LogP contribution in [0.25, 0.3) is 0 Å². The lowest BCUT2D eigenvalue weighted by Gasteiger charge is -2.14. The van der Waals surface area contributed by atoms with E-state index in [1.165, 1.54) is 29.0 Å². The van der Waals surface area contributed by atoms with Crippen LogP contribution in [0.15, 0.2) is 32.9 Å². The molecule has 0 unspecified atom stereocenters. The number of thiophene rings is 1. The van der Waals surface area contributed by atoms with Crippen molar-refractivity contribution in [2.45, 2.75) is 19.6 Å². The predicted octanol–water partition coefficient (Wildman–Crippen LogP) is 3.88. The smallest absolute Gasteiger partial charge is 0.206 e. The average Bonchev–Trinajstić information content (AvgIpc) is 2.83. The van der Waals surface area contributed by atoms with Crippen molar-refractivity contribution in [2.24, 2.45) is 0 Å². The molecule has 0 atom stereocenters. The summed E-state index contributed by atoms with van der Waals surface area (Å²) >= 11 is 5.07. The first-order valence-electron chi connectivity index (χ1n) is 5.26. The lowest BCUT2D eigenvalue weighted by Crippen LogP contribution is -2.37. The summed E-state index contributed by atoms with van der Waals surface area (Å²) in [5.41, 5.74) is 0.612. The van der Waals surface area contributed by atoms with Gasteiger partial charge in [-0.3, -0.25) is 4.79 Å². The minimum atomic E-state index is -1.40. The summed E-state index contributed by atoms with van der Waals surface area (Å²) in [6.45, 7) is 6.81. The van der Waals surface area contributed by atoms with Crippen LogP contribution in [0.3, 0.4) is 0 Å². The van der Waals surface area contributed by atoms with E-state index in [2.05, 4.69) is 35.6 Å². The summed E-state index contributed by atoms with van der Waals surface area (Å²) in [6.07, 6.45) is 3.01. The Bertz CT molecular complexity index is 537. The fourth-order valence-electron chi connectivity index (χ4n) is 1.53. The molecule has 0 radical (unpaired) electrons. The molecule has 2 nitrogen and oxygen atoms in total. The Balaban J connectivity index is 2.39. The van der Waals surface area contributed by atoms with Gasteiger partial charge >= 0.3 is 0 Å². The van der Waals surface area contributed by atoms with Gasteiger partial charge in [0, 0.05) is 0 Å². The number of hydrogen-bond acceptors (Lipinski definition) is 3. The zero-order chi connectivity index (χ0) is 12.6. The molecule has 2 heterocycles. The second-order valence-corrected chi connectivity index (χ2v) is 12.3. The Morgan fingerprint density at radius 1 is 1.41 bits per heavy atom. The first kappa shape index (κ1) is 12.8. The molecule has 0 spiro atoms. The summed E-state index contributed by atoms with van der Waals surface area (Å²) in [6, 6.07) is 3.72. The average molecular weight is 329 g/mol. The highest BCUT2D eigenvalue weighted by Gasteiger charge is 2.24. The largest absolute Gasteiger partial charge is 0.472 e. The number of hydrogen-bond donors (Lipinski definition) is 0. The monoisotopic (exact) mass is 328 g/mol. The van der Waals surface area contributed by atoms with E-state index in [1.54, 1.807) is 6.07 Å². The number of halogens is 1. The molecule has 17 heavy (non-hydrogen) atoms. The molecule has 0 aliphatic rings. The lowest BCUT2D eigenvalue weighted by atomic mass is 10.2. The highest BCUT2D eigenvalue weighted by atomic mass is 79.9. The number of ketones is 1. The van der Waals surface area contributed by atoms with Crippen molar-refractivity contribution in [2.75, 3.05) is 0 Å². The first-order valence-corrected chi connectivity index (χ1v) is 10.4. The molecule has 0 fully saturated rings. The van der Waals surface area contributed by atoms with Gasteiger partial charge in [0.25, 0.3) is 0 Å². The Morgan fingerprint density at radius 2 is 2.12 bits per heavy atom. The van der Waals surface area contributed by atoms with Gasteiger partial charge in [0.15, 0.2) is 0 Å². The molecule has 0 aliphatic carbocycles. The molecule has 0 saturated carbocycles. The van der Waals surface area contributed by atoms with Gasteiger partial charge in [0.1, 0.15) is 6.26 Å². The summed E-state index contributed by atoms with van der Waals surface area (Å²) in [5.74, 6) is 0.0361. The number of rotatable bonds is 3. The highest BCUT2D eigenvalue weighted by molar-refractivity contribution is 9.11. The van der Waals surface area contributed by atoms with Crippen LogP contribution < -0.4 is 5.19 Å². The van der Waals surface area contributed by atoms with Crippen LogP contribution >= 0.6 is 27.3 Å². The molecular formula is C12H13BrO2SSi. The molecule has 0 aliphatic heterocycles. The second kappa shape index (κ2) is 4.55. The molecule has 0 amide bonds. The van der Waals surface area contributed by atoms with Gasteiger partial charge in [0.2, 0.25) is 5.78 Å². The maximum atomic E-state index is 12.1. The minimum Gasteiger partial charge on any atom is -0.472 e. The van der Waals surface area contributed by atoms with Crippen LogP contribution in [0.4, 0.5) is 0 Å². The van der Waals surface area contributed by atoms with Crippen molar-refractivity contribution in [1.29, 1.82) is 0 Å². The zero-order valence-corrected chi connectivity index (χ0v) is 13.3. The highest BCUT2D eigenvalue weighted by Crippen LogP contribution is 2.26. The third kappa shape index (κ3) is 2.61. The molecule has 2 aromatic rings. The van der Waals surface area contributed by atoms with Crippen LogP contribution in [0.2, 0.25) is 19.6 Å². The predicted molar refractivity (Wildman–Crippen MR) is 77.1 cm³/mol. The van der Waals surface area contributed by atoms with E-state index in [-0.39, 0.29) is 5.78 Å². The van der Waals surface area contributed by atoms with Gasteiger partial charge in [0.05, 0.1) is 28.6 Å². The van der Waals surface area contributed by atoms with Crippen molar-refractivity contribution < 1.29 is 9.21 Å². The minimum absolute atomic E-state index is 0.0361. The maximum Gasteiger partial charge on any atom is 0.206 e. The van der Waals surface area contributed by atoms with Gasteiger partial charge in [-0.25, -0.2) is 0 Å². The van der Waals surface area contributed by atoms with Crippen molar-refractivity contribution >= 4 is 46.3 Å². The summed E-state index contributed by atoms with van der Waals surface area (Å²) in [7, 11) is -1.40. The third-order valence-corrected chi connectivity index (χ3v) is 6.89. The maximum absolute atomic E-state index is 12.1. The van der Waals surface area contributed by atoms with Gasteiger partial charge < -0.3 is 4.42 Å². The van der Waals surface area contributed by atoms with Crippen molar-refractivity contribution in [1.82, 2.24) is 0 Å². The van der Waals surface area contributed by atoms with Gasteiger partial charge in [-0.1, -0.05) is 19.6 Å². The Morgan fingerprint density at radius 3 is 2.59 bits per heavy atom. The molecule has 2 aromatic heterocycles. The molecule has 0 bridgehead atoms. The van der Waals surface area contributed by atoms with E-state index in [0.717, 1.165) is 8.66 Å². The quantitative estimate of drug-likeness (QED) is 0.632. The normalized spacial score (nSPS) is 11.8. The van der Waals surface area contributed by atoms with E-state index < -0.39 is 8.07 Å². The van der Waals surface area contributed by atoms with Crippen LogP contribution in [-0.2, 0) is 0 Å². The molecule has 90 valence electrons. The summed E-state index contributed by atoms with van der Waals surface area (Å²) < 4.78 is 6.03. The second-order valence-electron chi connectivity index (χ2n) is 4.89. The molecule has 0 N–H and O–H groups in total. The zero-order valence-electron chi connectivity index (χ0n) is 9.91. The Kier molecular flexibility index (Phi) is 3.42. The number of carbonyl (C=O) groups is 1. The van der Waals surface area contributed by atoms with E-state index in [0.29, 0.717) is 5.56 Å². The summed E-state index contributed by atoms with van der Waals surface area (Å²) in [5, 5.41) is 1.30. The summed E-state index contributed by atoms with van der Waals surface area (Å²) in [4.78, 5) is 12.9. The van der Waals surface area contributed by atoms with E-state index in [4.69, 9.17) is 4.42 Å². The first-order chi connectivity index (χ1) is 7.89. The van der Waals surface area contributed by atoms with Crippen molar-refractivity contribution in [3.63, 3.8) is 0 Å². The van der Waals surface area contributed by atoms with Gasteiger partial charge in [-0.2, -0.15) is 0 Å². The SMILES string of the molecule is C[Si](C)(C)c1cc(C(=O)c2ccoc2)sc1Br.